The van der Waals surface area contributed by atoms with Crippen LogP contribution in [0.3, 0.4) is 0 Å². The highest BCUT2D eigenvalue weighted by Gasteiger charge is 2.29. The Bertz CT molecular complexity index is 1040. The smallest absolute Gasteiger partial charge is 0.411 e. The first-order chi connectivity index (χ1) is 13.5. The molecule has 3 aromatic rings. The second-order valence-electron chi connectivity index (χ2n) is 6.31. The van der Waals surface area contributed by atoms with Crippen molar-refractivity contribution in [3.63, 3.8) is 0 Å². The number of benzene rings is 2. The molecule has 1 aromatic heterocycles. The summed E-state index contributed by atoms with van der Waals surface area (Å²) >= 11 is 5.80. The molecule has 6 nitrogen and oxygen atoms in total. The van der Waals surface area contributed by atoms with Gasteiger partial charge in [0.2, 0.25) is 0 Å². The van der Waals surface area contributed by atoms with Gasteiger partial charge in [-0.3, -0.25) is 5.32 Å². The molecule has 7 heteroatoms. The van der Waals surface area contributed by atoms with E-state index in [4.69, 9.17) is 16.3 Å². The largest absolute Gasteiger partial charge is 0.478 e. The van der Waals surface area contributed by atoms with Gasteiger partial charge in [0.25, 0.3) is 0 Å². The van der Waals surface area contributed by atoms with Crippen LogP contribution >= 0.6 is 11.6 Å². The van der Waals surface area contributed by atoms with Gasteiger partial charge >= 0.3 is 12.1 Å². The van der Waals surface area contributed by atoms with E-state index >= 15 is 0 Å². The molecule has 1 aliphatic rings. The van der Waals surface area contributed by atoms with Gasteiger partial charge < -0.3 is 9.84 Å². The minimum absolute atomic E-state index is 0.0322. The first kappa shape index (κ1) is 18.0. The number of pyridine rings is 1. The Labute approximate surface area is 165 Å². The Balaban J connectivity index is 1.52. The standard InChI is InChI=1S/C21H15ClN2O4/c22-19-9-18(16(10-23-19)20(25)26)24-21(27)28-11-17-14-7-3-1-5-12(14)13-6-2-4-8-15(13)17/h1-10,17H,11H2,(H,25,26)(H,23,24,27). The maximum atomic E-state index is 12.3. The van der Waals surface area contributed by atoms with Crippen LogP contribution in [0.1, 0.15) is 27.4 Å². The van der Waals surface area contributed by atoms with Crippen LogP contribution in [-0.2, 0) is 4.74 Å². The number of nitrogens with one attached hydrogen (secondary N) is 1. The SMILES string of the molecule is O=C(Nc1cc(Cl)ncc1C(=O)O)OCC1c2ccccc2-c2ccccc21. The summed E-state index contributed by atoms with van der Waals surface area (Å²) in [6.07, 6.45) is 0.329. The number of carbonyl (C=O) groups is 2. The second-order valence-corrected chi connectivity index (χ2v) is 6.70. The maximum Gasteiger partial charge on any atom is 0.411 e. The van der Waals surface area contributed by atoms with Crippen molar-refractivity contribution in [1.29, 1.82) is 0 Å². The number of ether oxygens (including phenoxy) is 1. The predicted octanol–water partition coefficient (Wildman–Crippen LogP) is 4.79. The summed E-state index contributed by atoms with van der Waals surface area (Å²) in [7, 11) is 0. The number of anilines is 1. The molecule has 0 aliphatic heterocycles. The molecule has 0 radical (unpaired) electrons. The molecule has 0 fully saturated rings. The molecule has 140 valence electrons. The topological polar surface area (TPSA) is 88.5 Å². The lowest BCUT2D eigenvalue weighted by Gasteiger charge is -2.15. The number of carbonyl (C=O) groups excluding carboxylic acids is 1. The summed E-state index contributed by atoms with van der Waals surface area (Å²) in [6.45, 7) is 0.126. The molecule has 0 saturated heterocycles. The molecule has 0 saturated carbocycles. The van der Waals surface area contributed by atoms with E-state index in [1.54, 1.807) is 0 Å². The van der Waals surface area contributed by atoms with E-state index in [1.165, 1.54) is 6.07 Å². The summed E-state index contributed by atoms with van der Waals surface area (Å²) in [5, 5.41) is 11.7. The Morgan fingerprint density at radius 1 is 1.07 bits per heavy atom. The molecule has 4 rings (SSSR count). The van der Waals surface area contributed by atoms with Crippen LogP contribution in [-0.4, -0.2) is 28.8 Å². The molecule has 28 heavy (non-hydrogen) atoms. The lowest BCUT2D eigenvalue weighted by molar-refractivity contribution is 0.0697. The summed E-state index contributed by atoms with van der Waals surface area (Å²) in [5.41, 5.74) is 4.30. The molecule has 0 bridgehead atoms. The zero-order valence-electron chi connectivity index (χ0n) is 14.6. The van der Waals surface area contributed by atoms with Crippen molar-refractivity contribution < 1.29 is 19.4 Å². The summed E-state index contributed by atoms with van der Waals surface area (Å²) in [4.78, 5) is 27.3. The van der Waals surface area contributed by atoms with Crippen LogP contribution in [0, 0.1) is 0 Å². The monoisotopic (exact) mass is 394 g/mol. The van der Waals surface area contributed by atoms with Gasteiger partial charge in [-0.25, -0.2) is 14.6 Å². The van der Waals surface area contributed by atoms with E-state index in [0.717, 1.165) is 28.5 Å². The number of rotatable bonds is 4. The van der Waals surface area contributed by atoms with Gasteiger partial charge in [-0.15, -0.1) is 0 Å². The first-order valence-corrected chi connectivity index (χ1v) is 8.93. The van der Waals surface area contributed by atoms with Crippen molar-refractivity contribution in [2.75, 3.05) is 11.9 Å². The molecule has 1 amide bonds. The van der Waals surface area contributed by atoms with Gasteiger partial charge in [0.05, 0.1) is 5.69 Å². The fraction of sp³-hybridized carbons (Fsp3) is 0.0952. The molecule has 2 N–H and O–H groups in total. The highest BCUT2D eigenvalue weighted by molar-refractivity contribution is 6.29. The lowest BCUT2D eigenvalue weighted by Crippen LogP contribution is -2.19. The molecule has 1 aliphatic carbocycles. The van der Waals surface area contributed by atoms with Gasteiger partial charge in [0, 0.05) is 18.2 Å². The number of fused-ring (bicyclic) bond motifs is 3. The first-order valence-electron chi connectivity index (χ1n) is 8.55. The van der Waals surface area contributed by atoms with Gasteiger partial charge in [0.1, 0.15) is 17.3 Å². The summed E-state index contributed by atoms with van der Waals surface area (Å²) < 4.78 is 5.41. The normalized spacial score (nSPS) is 12.2. The van der Waals surface area contributed by atoms with Crippen LogP contribution in [0.25, 0.3) is 11.1 Å². The van der Waals surface area contributed by atoms with Crippen LogP contribution in [0.2, 0.25) is 5.15 Å². The van der Waals surface area contributed by atoms with Crippen molar-refractivity contribution in [3.8, 4) is 11.1 Å². The van der Waals surface area contributed by atoms with Gasteiger partial charge in [0.15, 0.2) is 0 Å². The van der Waals surface area contributed by atoms with Crippen molar-refractivity contribution in [2.45, 2.75) is 5.92 Å². The molecule has 0 spiro atoms. The number of nitrogens with zero attached hydrogens (tertiary/aromatic N) is 1. The number of aromatic nitrogens is 1. The fourth-order valence-electron chi connectivity index (χ4n) is 3.45. The van der Waals surface area contributed by atoms with E-state index in [0.29, 0.717) is 0 Å². The predicted molar refractivity (Wildman–Crippen MR) is 105 cm³/mol. The molecule has 2 aromatic carbocycles. The van der Waals surface area contributed by atoms with E-state index in [-0.39, 0.29) is 28.9 Å². The number of carboxylic acid groups (broad SMARTS) is 1. The second kappa shape index (κ2) is 7.32. The van der Waals surface area contributed by atoms with Gasteiger partial charge in [-0.05, 0) is 22.3 Å². The summed E-state index contributed by atoms with van der Waals surface area (Å²) in [6, 6.07) is 17.3. The zero-order chi connectivity index (χ0) is 19.7. The minimum atomic E-state index is -1.22. The third-order valence-electron chi connectivity index (χ3n) is 4.68. The molecule has 0 atom stereocenters. The average Bonchev–Trinajstić information content (AvgIpc) is 3.00. The van der Waals surface area contributed by atoms with Crippen LogP contribution in [0.5, 0.6) is 0 Å². The fourth-order valence-corrected chi connectivity index (χ4v) is 3.61. The maximum absolute atomic E-state index is 12.3. The van der Waals surface area contributed by atoms with Crippen LogP contribution in [0.4, 0.5) is 10.5 Å². The third-order valence-corrected chi connectivity index (χ3v) is 4.89. The lowest BCUT2D eigenvalue weighted by atomic mass is 9.98. The van der Waals surface area contributed by atoms with Gasteiger partial charge in [-0.2, -0.15) is 0 Å². The zero-order valence-corrected chi connectivity index (χ0v) is 15.3. The quantitative estimate of drug-likeness (QED) is 0.621. The summed E-state index contributed by atoms with van der Waals surface area (Å²) in [5.74, 6) is -1.31. The number of hydrogen-bond acceptors (Lipinski definition) is 4. The average molecular weight is 395 g/mol. The number of carboxylic acids is 1. The highest BCUT2D eigenvalue weighted by atomic mass is 35.5. The molecule has 0 unspecified atom stereocenters. The Kier molecular flexibility index (Phi) is 4.71. The third kappa shape index (κ3) is 3.30. The van der Waals surface area contributed by atoms with E-state index in [9.17, 15) is 14.7 Å². The van der Waals surface area contributed by atoms with Crippen LogP contribution < -0.4 is 5.32 Å². The van der Waals surface area contributed by atoms with E-state index in [2.05, 4.69) is 10.3 Å². The Morgan fingerprint density at radius 2 is 1.68 bits per heavy atom. The van der Waals surface area contributed by atoms with Gasteiger partial charge in [-0.1, -0.05) is 60.1 Å². The number of amides is 1. The number of aromatic carboxylic acids is 1. The number of hydrogen-bond donors (Lipinski definition) is 2. The van der Waals surface area contributed by atoms with Crippen molar-refractivity contribution in [3.05, 3.63) is 82.6 Å². The molecular weight excluding hydrogens is 380 g/mol. The highest BCUT2D eigenvalue weighted by Crippen LogP contribution is 2.44. The number of halogens is 1. The van der Waals surface area contributed by atoms with E-state index < -0.39 is 12.1 Å². The van der Waals surface area contributed by atoms with Crippen LogP contribution in [0.15, 0.2) is 60.8 Å². The van der Waals surface area contributed by atoms with E-state index in [1.807, 2.05) is 48.5 Å². The molecule has 1 heterocycles. The van der Waals surface area contributed by atoms with Crippen molar-refractivity contribution >= 4 is 29.4 Å². The minimum Gasteiger partial charge on any atom is -0.478 e. The Hall–Kier alpha value is -3.38. The van der Waals surface area contributed by atoms with Crippen molar-refractivity contribution in [2.24, 2.45) is 0 Å². The Morgan fingerprint density at radius 3 is 2.29 bits per heavy atom. The molecular formula is C21H15ClN2O4. The van der Waals surface area contributed by atoms with Crippen molar-refractivity contribution in [1.82, 2.24) is 4.98 Å².